The highest BCUT2D eigenvalue weighted by atomic mass is 16.5. The van der Waals surface area contributed by atoms with Gasteiger partial charge in [0.25, 0.3) is 5.91 Å². The second-order valence-electron chi connectivity index (χ2n) is 5.44. The molecule has 26 heavy (non-hydrogen) atoms. The van der Waals surface area contributed by atoms with Crippen molar-refractivity contribution in [2.45, 2.75) is 13.8 Å². The van der Waals surface area contributed by atoms with Gasteiger partial charge in [0.1, 0.15) is 11.6 Å². The minimum atomic E-state index is -0.545. The number of ether oxygens (including phenoxy) is 1. The monoisotopic (exact) mass is 349 g/mol. The number of nitrogens with one attached hydrogen (secondary N) is 2. The molecule has 0 saturated heterocycles. The van der Waals surface area contributed by atoms with Crippen molar-refractivity contribution in [3.63, 3.8) is 0 Å². The van der Waals surface area contributed by atoms with Gasteiger partial charge >= 0.3 is 5.97 Å². The third-order valence-corrected chi connectivity index (χ3v) is 3.42. The standard InChI is InChI=1S/C20H19N3O3/c1-3-26-20(25)15-7-9-17(10-8-15)23-19(24)16(12-21)13-22-18-6-4-5-14(2)11-18/h4-11,13,22H,3H2,1-2H3,(H,23,24)/b16-13-. The van der Waals surface area contributed by atoms with Crippen LogP contribution in [0.5, 0.6) is 0 Å². The molecule has 0 radical (unpaired) electrons. The number of carbonyl (C=O) groups is 2. The van der Waals surface area contributed by atoms with Crippen molar-refractivity contribution in [3.8, 4) is 6.07 Å². The van der Waals surface area contributed by atoms with E-state index in [0.717, 1.165) is 11.3 Å². The number of rotatable bonds is 6. The maximum Gasteiger partial charge on any atom is 0.338 e. The lowest BCUT2D eigenvalue weighted by molar-refractivity contribution is -0.112. The highest BCUT2D eigenvalue weighted by molar-refractivity contribution is 6.06. The molecule has 2 aromatic carbocycles. The predicted molar refractivity (Wildman–Crippen MR) is 99.5 cm³/mol. The van der Waals surface area contributed by atoms with E-state index in [9.17, 15) is 14.9 Å². The summed E-state index contributed by atoms with van der Waals surface area (Å²) in [6, 6.07) is 15.7. The van der Waals surface area contributed by atoms with Crippen LogP contribution in [0.25, 0.3) is 0 Å². The smallest absolute Gasteiger partial charge is 0.338 e. The van der Waals surface area contributed by atoms with Crippen molar-refractivity contribution in [3.05, 3.63) is 71.4 Å². The van der Waals surface area contributed by atoms with Gasteiger partial charge in [0.15, 0.2) is 0 Å². The summed E-state index contributed by atoms with van der Waals surface area (Å²) >= 11 is 0. The fourth-order valence-electron chi connectivity index (χ4n) is 2.14. The van der Waals surface area contributed by atoms with Gasteiger partial charge in [0.2, 0.25) is 0 Å². The van der Waals surface area contributed by atoms with Crippen molar-refractivity contribution < 1.29 is 14.3 Å². The van der Waals surface area contributed by atoms with Crippen molar-refractivity contribution in [1.82, 2.24) is 0 Å². The Balaban J connectivity index is 2.03. The van der Waals surface area contributed by atoms with E-state index in [0.29, 0.717) is 17.9 Å². The number of esters is 1. The number of carbonyl (C=O) groups excluding carboxylic acids is 2. The quantitative estimate of drug-likeness (QED) is 0.472. The van der Waals surface area contributed by atoms with Crippen molar-refractivity contribution in [1.29, 1.82) is 5.26 Å². The lowest BCUT2D eigenvalue weighted by Crippen LogP contribution is -2.14. The average molecular weight is 349 g/mol. The molecule has 0 heterocycles. The van der Waals surface area contributed by atoms with Gasteiger partial charge in [-0.1, -0.05) is 12.1 Å². The lowest BCUT2D eigenvalue weighted by atomic mass is 10.2. The Morgan fingerprint density at radius 1 is 1.15 bits per heavy atom. The number of benzene rings is 2. The molecule has 0 bridgehead atoms. The van der Waals surface area contributed by atoms with Gasteiger partial charge in [-0.15, -0.1) is 0 Å². The molecule has 0 aliphatic carbocycles. The summed E-state index contributed by atoms with van der Waals surface area (Å²) in [5.41, 5.74) is 2.64. The zero-order chi connectivity index (χ0) is 18.9. The number of aryl methyl sites for hydroxylation is 1. The second kappa shape index (κ2) is 9.04. The Kier molecular flexibility index (Phi) is 6.52. The zero-order valence-electron chi connectivity index (χ0n) is 14.6. The van der Waals surface area contributed by atoms with E-state index in [4.69, 9.17) is 4.74 Å². The van der Waals surface area contributed by atoms with Crippen LogP contribution < -0.4 is 10.6 Å². The summed E-state index contributed by atoms with van der Waals surface area (Å²) in [7, 11) is 0. The molecule has 0 unspecified atom stereocenters. The molecule has 0 spiro atoms. The van der Waals surface area contributed by atoms with Gasteiger partial charge in [-0.05, 0) is 55.8 Å². The molecule has 6 heteroatoms. The number of anilines is 2. The predicted octanol–water partition coefficient (Wildman–Crippen LogP) is 3.63. The first-order chi connectivity index (χ1) is 12.5. The Labute approximate surface area is 152 Å². The maximum absolute atomic E-state index is 12.2. The van der Waals surface area contributed by atoms with Crippen LogP contribution in [0, 0.1) is 18.3 Å². The van der Waals surface area contributed by atoms with Gasteiger partial charge < -0.3 is 15.4 Å². The highest BCUT2D eigenvalue weighted by Gasteiger charge is 2.11. The summed E-state index contributed by atoms with van der Waals surface area (Å²) in [6.45, 7) is 3.97. The molecule has 0 aromatic heterocycles. The number of hydrogen-bond donors (Lipinski definition) is 2. The van der Waals surface area contributed by atoms with Gasteiger partial charge in [-0.25, -0.2) is 4.79 Å². The van der Waals surface area contributed by atoms with Crippen LogP contribution in [0.1, 0.15) is 22.8 Å². The third kappa shape index (κ3) is 5.21. The number of amides is 1. The van der Waals surface area contributed by atoms with Crippen LogP contribution in [0.15, 0.2) is 60.3 Å². The molecule has 0 aliphatic heterocycles. The first-order valence-corrected chi connectivity index (χ1v) is 8.05. The molecule has 0 aliphatic rings. The number of nitrogens with zero attached hydrogens (tertiary/aromatic N) is 1. The van der Waals surface area contributed by atoms with E-state index in [2.05, 4.69) is 10.6 Å². The molecule has 132 valence electrons. The second-order valence-corrected chi connectivity index (χ2v) is 5.44. The maximum atomic E-state index is 12.2. The lowest BCUT2D eigenvalue weighted by Gasteiger charge is -2.07. The molecule has 2 aromatic rings. The molecule has 0 fully saturated rings. The fourth-order valence-corrected chi connectivity index (χ4v) is 2.14. The van der Waals surface area contributed by atoms with Gasteiger partial charge in [0.05, 0.1) is 12.2 Å². The van der Waals surface area contributed by atoms with Crippen LogP contribution in [0.4, 0.5) is 11.4 Å². The van der Waals surface area contributed by atoms with Gasteiger partial charge in [0, 0.05) is 17.6 Å². The largest absolute Gasteiger partial charge is 0.462 e. The third-order valence-electron chi connectivity index (χ3n) is 3.42. The van der Waals surface area contributed by atoms with Crippen molar-refractivity contribution >= 4 is 23.3 Å². The summed E-state index contributed by atoms with van der Waals surface area (Å²) in [5, 5.41) is 14.8. The normalized spacial score (nSPS) is 10.6. The number of hydrogen-bond acceptors (Lipinski definition) is 5. The molecule has 6 nitrogen and oxygen atoms in total. The molecule has 0 atom stereocenters. The molecule has 2 N–H and O–H groups in total. The van der Waals surface area contributed by atoms with Crippen LogP contribution in [0.2, 0.25) is 0 Å². The van der Waals surface area contributed by atoms with Gasteiger partial charge in [-0.2, -0.15) is 5.26 Å². The van der Waals surface area contributed by atoms with E-state index in [1.165, 1.54) is 6.20 Å². The van der Waals surface area contributed by atoms with E-state index >= 15 is 0 Å². The zero-order valence-corrected chi connectivity index (χ0v) is 14.6. The van der Waals surface area contributed by atoms with Crippen molar-refractivity contribution in [2.75, 3.05) is 17.2 Å². The highest BCUT2D eigenvalue weighted by Crippen LogP contribution is 2.13. The summed E-state index contributed by atoms with van der Waals surface area (Å²) in [5.74, 6) is -0.970. The van der Waals surface area contributed by atoms with E-state index in [1.807, 2.05) is 37.3 Å². The first kappa shape index (κ1) is 18.7. The fraction of sp³-hybridized carbons (Fsp3) is 0.150. The number of nitriles is 1. The van der Waals surface area contributed by atoms with E-state index in [1.54, 1.807) is 31.2 Å². The Bertz CT molecular complexity index is 865. The summed E-state index contributed by atoms with van der Waals surface area (Å²) in [6.07, 6.45) is 1.36. The molecule has 2 rings (SSSR count). The molecule has 0 saturated carbocycles. The van der Waals surface area contributed by atoms with E-state index in [-0.39, 0.29) is 5.57 Å². The summed E-state index contributed by atoms with van der Waals surface area (Å²) in [4.78, 5) is 23.8. The van der Waals surface area contributed by atoms with E-state index < -0.39 is 11.9 Å². The Morgan fingerprint density at radius 3 is 2.50 bits per heavy atom. The molecular weight excluding hydrogens is 330 g/mol. The summed E-state index contributed by atoms with van der Waals surface area (Å²) < 4.78 is 4.90. The Morgan fingerprint density at radius 2 is 1.88 bits per heavy atom. The van der Waals surface area contributed by atoms with Crippen LogP contribution in [-0.2, 0) is 9.53 Å². The average Bonchev–Trinajstić information content (AvgIpc) is 2.63. The van der Waals surface area contributed by atoms with Crippen LogP contribution in [-0.4, -0.2) is 18.5 Å². The first-order valence-electron chi connectivity index (χ1n) is 8.05. The minimum absolute atomic E-state index is 0.0685. The Hall–Kier alpha value is -3.59. The minimum Gasteiger partial charge on any atom is -0.462 e. The van der Waals surface area contributed by atoms with Gasteiger partial charge in [-0.3, -0.25) is 4.79 Å². The van der Waals surface area contributed by atoms with Crippen molar-refractivity contribution in [2.24, 2.45) is 0 Å². The topological polar surface area (TPSA) is 91.2 Å². The van der Waals surface area contributed by atoms with Crippen LogP contribution in [0.3, 0.4) is 0 Å². The van der Waals surface area contributed by atoms with Crippen LogP contribution >= 0.6 is 0 Å². The molecule has 1 amide bonds. The SMILES string of the molecule is CCOC(=O)c1ccc(NC(=O)/C(C#N)=C\Nc2cccc(C)c2)cc1. The molecular formula is C20H19N3O3.